The Morgan fingerprint density at radius 2 is 1.58 bits per heavy atom. The van der Waals surface area contributed by atoms with Crippen LogP contribution in [0.3, 0.4) is 0 Å². The van der Waals surface area contributed by atoms with Gasteiger partial charge < -0.3 is 10.1 Å². The maximum absolute atomic E-state index is 12.1. The highest BCUT2D eigenvalue weighted by Gasteiger charge is 2.12. The zero-order valence-electron chi connectivity index (χ0n) is 15.9. The number of hydrogen-bond acceptors (Lipinski definition) is 4. The van der Waals surface area contributed by atoms with Crippen LogP contribution in [0.2, 0.25) is 15.1 Å². The monoisotopic (exact) mass is 475 g/mol. The average molecular weight is 477 g/mol. The second kappa shape index (κ2) is 10.8. The lowest BCUT2D eigenvalue weighted by molar-refractivity contribution is -0.118. The number of carbonyl (C=O) groups is 2. The van der Waals surface area contributed by atoms with Crippen LogP contribution in [-0.4, -0.2) is 24.6 Å². The summed E-state index contributed by atoms with van der Waals surface area (Å²) in [6, 6.07) is 18.4. The van der Waals surface area contributed by atoms with Crippen molar-refractivity contribution in [3.8, 4) is 5.75 Å². The van der Waals surface area contributed by atoms with E-state index in [0.29, 0.717) is 21.8 Å². The largest absolute Gasteiger partial charge is 0.481 e. The molecule has 0 heterocycles. The molecule has 0 aliphatic carbocycles. The van der Waals surface area contributed by atoms with Crippen LogP contribution in [-0.2, 0) is 4.79 Å². The van der Waals surface area contributed by atoms with Gasteiger partial charge in [-0.25, -0.2) is 5.43 Å². The standard InChI is InChI=1S/C22H16Cl3N3O3/c23-16-6-8-17(9-7-16)27-20(29)13-31-21-18(24)10-14(11-19(21)25)12-26-28-22(30)15-4-2-1-3-5-15/h1-12H,13H2,(H,27,29)(H,28,30)/b26-12+. The van der Waals surface area contributed by atoms with Crippen LogP contribution in [0.15, 0.2) is 71.8 Å². The Labute approximate surface area is 193 Å². The number of amides is 2. The van der Waals surface area contributed by atoms with Gasteiger partial charge in [-0.1, -0.05) is 53.0 Å². The molecule has 3 rings (SSSR count). The first-order valence-electron chi connectivity index (χ1n) is 8.98. The second-order valence-electron chi connectivity index (χ2n) is 6.22. The van der Waals surface area contributed by atoms with E-state index in [1.165, 1.54) is 6.21 Å². The van der Waals surface area contributed by atoms with Crippen LogP contribution in [0, 0.1) is 0 Å². The maximum Gasteiger partial charge on any atom is 0.271 e. The number of halogens is 3. The quantitative estimate of drug-likeness (QED) is 0.352. The van der Waals surface area contributed by atoms with E-state index in [9.17, 15) is 9.59 Å². The van der Waals surface area contributed by atoms with Crippen molar-refractivity contribution in [2.24, 2.45) is 5.10 Å². The van der Waals surface area contributed by atoms with Crippen LogP contribution in [0.1, 0.15) is 15.9 Å². The molecule has 0 atom stereocenters. The van der Waals surface area contributed by atoms with Crippen molar-refractivity contribution in [2.75, 3.05) is 11.9 Å². The molecule has 0 saturated carbocycles. The van der Waals surface area contributed by atoms with Gasteiger partial charge in [0.25, 0.3) is 11.8 Å². The van der Waals surface area contributed by atoms with Gasteiger partial charge in [-0.2, -0.15) is 5.10 Å². The predicted molar refractivity (Wildman–Crippen MR) is 124 cm³/mol. The number of hydrogen-bond donors (Lipinski definition) is 2. The minimum Gasteiger partial charge on any atom is -0.481 e. The molecule has 3 aromatic carbocycles. The van der Waals surface area contributed by atoms with Gasteiger partial charge in [0, 0.05) is 16.3 Å². The molecule has 3 aromatic rings. The SMILES string of the molecule is O=C(COc1c(Cl)cc(/C=N/NC(=O)c2ccccc2)cc1Cl)Nc1ccc(Cl)cc1. The van der Waals surface area contributed by atoms with Crippen LogP contribution in [0.25, 0.3) is 0 Å². The van der Waals surface area contributed by atoms with E-state index in [1.807, 2.05) is 6.07 Å². The van der Waals surface area contributed by atoms with Crippen LogP contribution >= 0.6 is 34.8 Å². The molecule has 0 fully saturated rings. The number of carbonyl (C=O) groups excluding carboxylic acids is 2. The van der Waals surface area contributed by atoms with E-state index < -0.39 is 0 Å². The van der Waals surface area contributed by atoms with Crippen LogP contribution < -0.4 is 15.5 Å². The van der Waals surface area contributed by atoms with E-state index in [1.54, 1.807) is 60.7 Å². The molecule has 2 N–H and O–H groups in total. The Morgan fingerprint density at radius 1 is 0.935 bits per heavy atom. The molecule has 0 bridgehead atoms. The molecule has 6 nitrogen and oxygen atoms in total. The van der Waals surface area contributed by atoms with E-state index in [4.69, 9.17) is 39.5 Å². The fraction of sp³-hybridized carbons (Fsp3) is 0.0455. The summed E-state index contributed by atoms with van der Waals surface area (Å²) in [5.41, 5.74) is 4.03. The van der Waals surface area contributed by atoms with Crippen molar-refractivity contribution < 1.29 is 14.3 Å². The van der Waals surface area contributed by atoms with Gasteiger partial charge in [0.1, 0.15) is 0 Å². The lowest BCUT2D eigenvalue weighted by atomic mass is 10.2. The van der Waals surface area contributed by atoms with Gasteiger partial charge >= 0.3 is 0 Å². The molecule has 2 amide bonds. The van der Waals surface area contributed by atoms with Gasteiger partial charge in [0.15, 0.2) is 12.4 Å². The van der Waals surface area contributed by atoms with Gasteiger partial charge in [-0.15, -0.1) is 0 Å². The molecule has 0 unspecified atom stereocenters. The molecule has 31 heavy (non-hydrogen) atoms. The zero-order valence-corrected chi connectivity index (χ0v) is 18.2. The fourth-order valence-corrected chi connectivity index (χ4v) is 3.22. The molecule has 0 aliphatic rings. The molecule has 0 aromatic heterocycles. The lowest BCUT2D eigenvalue weighted by Gasteiger charge is -2.11. The smallest absolute Gasteiger partial charge is 0.271 e. The molecule has 0 aliphatic heterocycles. The molecule has 0 radical (unpaired) electrons. The van der Waals surface area contributed by atoms with E-state index >= 15 is 0 Å². The number of benzene rings is 3. The summed E-state index contributed by atoms with van der Waals surface area (Å²) in [6.07, 6.45) is 1.40. The molecular weight excluding hydrogens is 461 g/mol. The van der Waals surface area contributed by atoms with Gasteiger partial charge in [0.2, 0.25) is 0 Å². The Morgan fingerprint density at radius 3 is 2.23 bits per heavy atom. The van der Waals surface area contributed by atoms with E-state index in [-0.39, 0.29) is 34.2 Å². The van der Waals surface area contributed by atoms with Crippen LogP contribution in [0.5, 0.6) is 5.75 Å². The molecule has 0 saturated heterocycles. The first-order valence-corrected chi connectivity index (χ1v) is 10.1. The zero-order chi connectivity index (χ0) is 22.2. The topological polar surface area (TPSA) is 79.8 Å². The van der Waals surface area contributed by atoms with Crippen molar-refractivity contribution in [2.45, 2.75) is 0 Å². The first-order chi connectivity index (χ1) is 14.9. The van der Waals surface area contributed by atoms with E-state index in [2.05, 4.69) is 15.8 Å². The van der Waals surface area contributed by atoms with E-state index in [0.717, 1.165) is 0 Å². The normalized spacial score (nSPS) is 10.7. The summed E-state index contributed by atoms with van der Waals surface area (Å²) in [4.78, 5) is 24.0. The van der Waals surface area contributed by atoms with Crippen molar-refractivity contribution in [1.29, 1.82) is 0 Å². The summed E-state index contributed by atoms with van der Waals surface area (Å²) < 4.78 is 5.46. The minimum absolute atomic E-state index is 0.167. The third kappa shape index (κ3) is 6.72. The molecule has 158 valence electrons. The number of anilines is 1. The third-order valence-corrected chi connectivity index (χ3v) is 4.73. The van der Waals surface area contributed by atoms with Crippen molar-refractivity contribution in [3.63, 3.8) is 0 Å². The maximum atomic E-state index is 12.1. The number of nitrogens with zero attached hydrogens (tertiary/aromatic N) is 1. The fourth-order valence-electron chi connectivity index (χ4n) is 2.48. The minimum atomic E-state index is -0.385. The summed E-state index contributed by atoms with van der Waals surface area (Å²) in [6.45, 7) is -0.289. The number of ether oxygens (including phenoxy) is 1. The van der Waals surface area contributed by atoms with Gasteiger partial charge in [-0.3, -0.25) is 9.59 Å². The Bertz CT molecular complexity index is 1080. The average Bonchev–Trinajstić information content (AvgIpc) is 2.75. The van der Waals surface area contributed by atoms with Gasteiger partial charge in [-0.05, 0) is 54.1 Å². The molecule has 0 spiro atoms. The highest BCUT2D eigenvalue weighted by molar-refractivity contribution is 6.37. The first kappa shape index (κ1) is 22.6. The third-order valence-electron chi connectivity index (χ3n) is 3.91. The summed E-state index contributed by atoms with van der Waals surface area (Å²) in [5.74, 6) is -0.565. The second-order valence-corrected chi connectivity index (χ2v) is 7.47. The lowest BCUT2D eigenvalue weighted by Crippen LogP contribution is -2.20. The highest BCUT2D eigenvalue weighted by atomic mass is 35.5. The van der Waals surface area contributed by atoms with Crippen molar-refractivity contribution >= 4 is 58.5 Å². The number of hydrazone groups is 1. The summed E-state index contributed by atoms with van der Waals surface area (Å²) in [5, 5.41) is 7.53. The highest BCUT2D eigenvalue weighted by Crippen LogP contribution is 2.33. The number of rotatable bonds is 7. The Hall–Kier alpha value is -3.06. The van der Waals surface area contributed by atoms with Crippen molar-refractivity contribution in [1.82, 2.24) is 5.43 Å². The summed E-state index contributed by atoms with van der Waals surface area (Å²) >= 11 is 18.3. The molecule has 9 heteroatoms. The predicted octanol–water partition coefficient (Wildman–Crippen LogP) is 5.43. The number of nitrogens with one attached hydrogen (secondary N) is 2. The molecular formula is C22H16Cl3N3O3. The summed E-state index contributed by atoms with van der Waals surface area (Å²) in [7, 11) is 0. The van der Waals surface area contributed by atoms with Crippen molar-refractivity contribution in [3.05, 3.63) is 92.9 Å². The Kier molecular flexibility index (Phi) is 7.89. The van der Waals surface area contributed by atoms with Gasteiger partial charge in [0.05, 0.1) is 16.3 Å². The van der Waals surface area contributed by atoms with Crippen LogP contribution in [0.4, 0.5) is 5.69 Å². The Balaban J connectivity index is 1.57.